The SMILES string of the molecule is CCC(CC)(NC(=O)CCCNC(=O)c1ccccc1)c1ccc(Cl)cc1. The number of carbonyl (C=O) groups is 2. The van der Waals surface area contributed by atoms with E-state index in [1.54, 1.807) is 12.1 Å². The molecule has 5 heteroatoms. The largest absolute Gasteiger partial charge is 0.352 e. The normalized spacial score (nSPS) is 11.1. The zero-order valence-corrected chi connectivity index (χ0v) is 16.7. The Kier molecular flexibility index (Phi) is 7.86. The number of rotatable bonds is 9. The Morgan fingerprint density at radius 2 is 1.59 bits per heavy atom. The van der Waals surface area contributed by atoms with Crippen LogP contribution >= 0.6 is 11.6 Å². The molecule has 2 aromatic rings. The summed E-state index contributed by atoms with van der Waals surface area (Å²) in [5.41, 5.74) is 1.29. The number of nitrogens with one attached hydrogen (secondary N) is 2. The van der Waals surface area contributed by atoms with Crippen LogP contribution in [0.3, 0.4) is 0 Å². The third-order valence-corrected chi connectivity index (χ3v) is 5.14. The van der Waals surface area contributed by atoms with Crippen molar-refractivity contribution < 1.29 is 9.59 Å². The minimum Gasteiger partial charge on any atom is -0.352 e. The number of benzene rings is 2. The molecule has 0 aromatic heterocycles. The average Bonchev–Trinajstić information content (AvgIpc) is 2.70. The zero-order chi connectivity index (χ0) is 19.7. The minimum atomic E-state index is -0.394. The van der Waals surface area contributed by atoms with Gasteiger partial charge >= 0.3 is 0 Å². The Bertz CT molecular complexity index is 741. The third-order valence-electron chi connectivity index (χ3n) is 4.88. The number of carbonyl (C=O) groups excluding carboxylic acids is 2. The molecule has 0 aliphatic rings. The van der Waals surface area contributed by atoms with Crippen LogP contribution in [0, 0.1) is 0 Å². The fourth-order valence-electron chi connectivity index (χ4n) is 3.15. The lowest BCUT2D eigenvalue weighted by Crippen LogP contribution is -2.45. The van der Waals surface area contributed by atoms with Crippen LogP contribution in [0.25, 0.3) is 0 Å². The lowest BCUT2D eigenvalue weighted by atomic mass is 9.84. The molecule has 0 bridgehead atoms. The molecule has 0 unspecified atom stereocenters. The van der Waals surface area contributed by atoms with Crippen molar-refractivity contribution in [3.63, 3.8) is 0 Å². The monoisotopic (exact) mass is 386 g/mol. The van der Waals surface area contributed by atoms with Crippen LogP contribution < -0.4 is 10.6 Å². The fraction of sp³-hybridized carbons (Fsp3) is 0.364. The van der Waals surface area contributed by atoms with Crippen molar-refractivity contribution in [3.05, 3.63) is 70.7 Å². The number of hydrogen-bond donors (Lipinski definition) is 2. The summed E-state index contributed by atoms with van der Waals surface area (Å²) in [7, 11) is 0. The van der Waals surface area contributed by atoms with Crippen molar-refractivity contribution in [1.29, 1.82) is 0 Å². The van der Waals surface area contributed by atoms with E-state index in [0.717, 1.165) is 18.4 Å². The predicted octanol–water partition coefficient (Wildman–Crippen LogP) is 4.68. The zero-order valence-electron chi connectivity index (χ0n) is 15.9. The van der Waals surface area contributed by atoms with Gasteiger partial charge in [0, 0.05) is 23.6 Å². The van der Waals surface area contributed by atoms with Crippen LogP contribution in [0.15, 0.2) is 54.6 Å². The summed E-state index contributed by atoms with van der Waals surface area (Å²) in [6, 6.07) is 16.7. The summed E-state index contributed by atoms with van der Waals surface area (Å²) in [6.07, 6.45) is 2.54. The van der Waals surface area contributed by atoms with Gasteiger partial charge in [0.1, 0.15) is 0 Å². The molecule has 2 aromatic carbocycles. The van der Waals surface area contributed by atoms with Gasteiger partial charge in [-0.25, -0.2) is 0 Å². The molecule has 2 rings (SSSR count). The van der Waals surface area contributed by atoms with E-state index in [1.807, 2.05) is 42.5 Å². The first-order chi connectivity index (χ1) is 13.0. The molecular formula is C22H27ClN2O2. The summed E-state index contributed by atoms with van der Waals surface area (Å²) < 4.78 is 0. The first kappa shape index (κ1) is 21.0. The first-order valence-corrected chi connectivity index (χ1v) is 9.79. The van der Waals surface area contributed by atoms with Gasteiger partial charge in [-0.2, -0.15) is 0 Å². The Labute approximate surface area is 166 Å². The van der Waals surface area contributed by atoms with E-state index >= 15 is 0 Å². The van der Waals surface area contributed by atoms with Gasteiger partial charge in [-0.1, -0.05) is 55.8 Å². The maximum absolute atomic E-state index is 12.5. The number of halogens is 1. The van der Waals surface area contributed by atoms with E-state index in [4.69, 9.17) is 11.6 Å². The summed E-state index contributed by atoms with van der Waals surface area (Å²) in [4.78, 5) is 24.5. The fourth-order valence-corrected chi connectivity index (χ4v) is 3.27. The van der Waals surface area contributed by atoms with Crippen molar-refractivity contribution in [2.75, 3.05) is 6.54 Å². The maximum Gasteiger partial charge on any atom is 0.251 e. The van der Waals surface area contributed by atoms with Crippen LogP contribution in [-0.4, -0.2) is 18.4 Å². The quantitative estimate of drug-likeness (QED) is 0.614. The smallest absolute Gasteiger partial charge is 0.251 e. The van der Waals surface area contributed by atoms with Gasteiger partial charge < -0.3 is 10.6 Å². The van der Waals surface area contributed by atoms with E-state index < -0.39 is 5.54 Å². The number of amides is 2. The predicted molar refractivity (Wildman–Crippen MR) is 110 cm³/mol. The highest BCUT2D eigenvalue weighted by Gasteiger charge is 2.29. The van der Waals surface area contributed by atoms with Crippen molar-refractivity contribution in [2.24, 2.45) is 0 Å². The summed E-state index contributed by atoms with van der Waals surface area (Å²) in [5, 5.41) is 6.72. The van der Waals surface area contributed by atoms with Gasteiger partial charge in [-0.15, -0.1) is 0 Å². The van der Waals surface area contributed by atoms with E-state index in [-0.39, 0.29) is 11.8 Å². The van der Waals surface area contributed by atoms with Crippen molar-refractivity contribution >= 4 is 23.4 Å². The highest BCUT2D eigenvalue weighted by Crippen LogP contribution is 2.29. The molecule has 0 atom stereocenters. The Hall–Kier alpha value is -2.33. The van der Waals surface area contributed by atoms with Gasteiger partial charge in [0.2, 0.25) is 5.91 Å². The Morgan fingerprint density at radius 1 is 0.963 bits per heavy atom. The van der Waals surface area contributed by atoms with E-state index in [1.165, 1.54) is 0 Å². The Balaban J connectivity index is 1.85. The van der Waals surface area contributed by atoms with Crippen molar-refractivity contribution in [1.82, 2.24) is 10.6 Å². The molecular weight excluding hydrogens is 360 g/mol. The molecule has 27 heavy (non-hydrogen) atoms. The van der Waals surface area contributed by atoms with Crippen LogP contribution in [0.5, 0.6) is 0 Å². The van der Waals surface area contributed by atoms with Crippen LogP contribution in [-0.2, 0) is 10.3 Å². The molecule has 0 heterocycles. The lowest BCUT2D eigenvalue weighted by Gasteiger charge is -2.33. The summed E-state index contributed by atoms with van der Waals surface area (Å²) in [6.45, 7) is 4.60. The highest BCUT2D eigenvalue weighted by atomic mass is 35.5. The molecule has 0 saturated heterocycles. The second-order valence-corrected chi connectivity index (χ2v) is 7.01. The molecule has 0 aliphatic carbocycles. The average molecular weight is 387 g/mol. The van der Waals surface area contributed by atoms with Crippen LogP contribution in [0.1, 0.15) is 55.5 Å². The van der Waals surface area contributed by atoms with Gasteiger partial charge in [0.05, 0.1) is 5.54 Å². The molecule has 144 valence electrons. The second-order valence-electron chi connectivity index (χ2n) is 6.57. The van der Waals surface area contributed by atoms with E-state index in [9.17, 15) is 9.59 Å². The van der Waals surface area contributed by atoms with Gasteiger partial charge in [0.15, 0.2) is 0 Å². The molecule has 0 aliphatic heterocycles. The maximum atomic E-state index is 12.5. The van der Waals surface area contributed by atoms with Gasteiger partial charge in [-0.05, 0) is 49.1 Å². The molecule has 0 saturated carbocycles. The molecule has 4 nitrogen and oxygen atoms in total. The first-order valence-electron chi connectivity index (χ1n) is 9.41. The minimum absolute atomic E-state index is 0.0115. The van der Waals surface area contributed by atoms with Crippen molar-refractivity contribution in [2.45, 2.75) is 45.1 Å². The molecule has 0 spiro atoms. The summed E-state index contributed by atoms with van der Waals surface area (Å²) in [5.74, 6) is -0.128. The molecule has 0 fully saturated rings. The second kappa shape index (κ2) is 10.1. The van der Waals surface area contributed by atoms with E-state index in [0.29, 0.717) is 30.0 Å². The standard InChI is InChI=1S/C22H27ClN2O2/c1-3-22(4-2,18-12-14-19(23)15-13-18)25-20(26)11-8-16-24-21(27)17-9-6-5-7-10-17/h5-7,9-10,12-15H,3-4,8,11,16H2,1-2H3,(H,24,27)(H,25,26). The summed E-state index contributed by atoms with van der Waals surface area (Å²) >= 11 is 5.99. The Morgan fingerprint density at radius 3 is 2.19 bits per heavy atom. The van der Waals surface area contributed by atoms with Crippen molar-refractivity contribution in [3.8, 4) is 0 Å². The molecule has 2 amide bonds. The number of hydrogen-bond acceptors (Lipinski definition) is 2. The van der Waals surface area contributed by atoms with Crippen LogP contribution in [0.2, 0.25) is 5.02 Å². The third kappa shape index (κ3) is 5.83. The van der Waals surface area contributed by atoms with E-state index in [2.05, 4.69) is 24.5 Å². The molecule has 0 radical (unpaired) electrons. The van der Waals surface area contributed by atoms with Crippen LogP contribution in [0.4, 0.5) is 0 Å². The molecule has 2 N–H and O–H groups in total. The van der Waals surface area contributed by atoms with Gasteiger partial charge in [0.25, 0.3) is 5.91 Å². The topological polar surface area (TPSA) is 58.2 Å². The van der Waals surface area contributed by atoms with Gasteiger partial charge in [-0.3, -0.25) is 9.59 Å². The lowest BCUT2D eigenvalue weighted by molar-refractivity contribution is -0.123. The highest BCUT2D eigenvalue weighted by molar-refractivity contribution is 6.30.